The molecule has 0 amide bonds. The Balaban J connectivity index is 1.59. The Morgan fingerprint density at radius 2 is 1.75 bits per heavy atom. The summed E-state index contributed by atoms with van der Waals surface area (Å²) in [6, 6.07) is 10.9. The molecule has 0 atom stereocenters. The van der Waals surface area contributed by atoms with E-state index in [2.05, 4.69) is 9.97 Å². The van der Waals surface area contributed by atoms with Crippen LogP contribution in [0.25, 0.3) is 20.7 Å². The molecule has 0 bridgehead atoms. The Bertz CT molecular complexity index is 1190. The van der Waals surface area contributed by atoms with Gasteiger partial charge in [-0.3, -0.25) is 0 Å². The molecule has 5 nitrogen and oxygen atoms in total. The molecule has 8 heteroatoms. The van der Waals surface area contributed by atoms with E-state index in [1.165, 1.54) is 29.8 Å². The molecule has 0 saturated carbocycles. The highest BCUT2D eigenvalue weighted by Crippen LogP contribution is 2.41. The molecule has 0 N–H and O–H groups in total. The second kappa shape index (κ2) is 6.42. The Hall–Kier alpha value is -3.26. The lowest BCUT2D eigenvalue weighted by atomic mass is 10.2. The zero-order chi connectivity index (χ0) is 19.3. The van der Waals surface area contributed by atoms with Gasteiger partial charge in [-0.15, -0.1) is 11.3 Å². The molecular formula is C20H13F2N3O2S. The number of thiophene rings is 1. The van der Waals surface area contributed by atoms with Crippen LogP contribution in [0.2, 0.25) is 0 Å². The first-order chi connectivity index (χ1) is 13.6. The topological polar surface area (TPSA) is 47.5 Å². The van der Waals surface area contributed by atoms with Gasteiger partial charge in [0.05, 0.1) is 10.2 Å². The van der Waals surface area contributed by atoms with E-state index in [1.54, 1.807) is 0 Å². The number of fused-ring (bicyclic) bond motifs is 2. The highest BCUT2D eigenvalue weighted by atomic mass is 32.1. The fourth-order valence-electron chi connectivity index (χ4n) is 3.14. The van der Waals surface area contributed by atoms with Crippen molar-refractivity contribution in [3.8, 4) is 21.9 Å². The van der Waals surface area contributed by atoms with Gasteiger partial charge in [0.1, 0.15) is 18.0 Å². The molecule has 1 aliphatic rings. The second-order valence-electron chi connectivity index (χ2n) is 6.28. The Morgan fingerprint density at radius 3 is 2.57 bits per heavy atom. The first-order valence-electron chi connectivity index (χ1n) is 8.43. The van der Waals surface area contributed by atoms with Gasteiger partial charge in [-0.05, 0) is 35.9 Å². The van der Waals surface area contributed by atoms with E-state index in [0.717, 1.165) is 16.5 Å². The van der Waals surface area contributed by atoms with Crippen molar-refractivity contribution in [1.29, 1.82) is 0 Å². The third-order valence-corrected chi connectivity index (χ3v) is 5.67. The van der Waals surface area contributed by atoms with Crippen molar-refractivity contribution in [3.63, 3.8) is 0 Å². The van der Waals surface area contributed by atoms with Gasteiger partial charge in [0.2, 0.25) is 6.79 Å². The Kier molecular flexibility index (Phi) is 3.87. The minimum atomic E-state index is -0.615. The zero-order valence-corrected chi connectivity index (χ0v) is 15.5. The fourth-order valence-corrected chi connectivity index (χ4v) is 4.26. The number of ether oxygens (including phenoxy) is 2. The summed E-state index contributed by atoms with van der Waals surface area (Å²) in [5.74, 6) is 0.845. The average molecular weight is 397 g/mol. The standard InChI is InChI=1S/C20H13F2N3O2S/c1-25(14-2-3-16-17(7-14)27-10-26-16)20-19-15(23-9-24-20)8-18(28-19)11-4-12(21)6-13(22)5-11/h2-9H,10H2,1H3. The van der Waals surface area contributed by atoms with Crippen molar-refractivity contribution in [2.45, 2.75) is 0 Å². The quantitative estimate of drug-likeness (QED) is 0.479. The van der Waals surface area contributed by atoms with Gasteiger partial charge >= 0.3 is 0 Å². The number of anilines is 2. The van der Waals surface area contributed by atoms with E-state index in [9.17, 15) is 8.78 Å². The van der Waals surface area contributed by atoms with Crippen LogP contribution >= 0.6 is 11.3 Å². The molecule has 140 valence electrons. The van der Waals surface area contributed by atoms with E-state index in [1.807, 2.05) is 36.2 Å². The molecule has 0 saturated heterocycles. The molecular weight excluding hydrogens is 384 g/mol. The predicted molar refractivity (Wildman–Crippen MR) is 103 cm³/mol. The van der Waals surface area contributed by atoms with Crippen molar-refractivity contribution in [2.75, 3.05) is 18.7 Å². The van der Waals surface area contributed by atoms with Crippen molar-refractivity contribution in [3.05, 3.63) is 60.4 Å². The van der Waals surface area contributed by atoms with Crippen LogP contribution in [0.3, 0.4) is 0 Å². The second-order valence-corrected chi connectivity index (χ2v) is 7.33. The molecule has 28 heavy (non-hydrogen) atoms. The fraction of sp³-hybridized carbons (Fsp3) is 0.100. The molecule has 0 unspecified atom stereocenters. The van der Waals surface area contributed by atoms with Crippen molar-refractivity contribution < 1.29 is 18.3 Å². The van der Waals surface area contributed by atoms with Gasteiger partial charge in [0.25, 0.3) is 0 Å². The summed E-state index contributed by atoms with van der Waals surface area (Å²) in [6.07, 6.45) is 1.48. The minimum absolute atomic E-state index is 0.207. The average Bonchev–Trinajstić information content (AvgIpc) is 3.32. The molecule has 5 rings (SSSR count). The smallest absolute Gasteiger partial charge is 0.231 e. The number of rotatable bonds is 3. The maximum absolute atomic E-state index is 13.6. The van der Waals surface area contributed by atoms with E-state index in [-0.39, 0.29) is 6.79 Å². The van der Waals surface area contributed by atoms with Crippen LogP contribution in [0, 0.1) is 11.6 Å². The van der Waals surface area contributed by atoms with Gasteiger partial charge in [-0.1, -0.05) is 0 Å². The molecule has 0 aliphatic carbocycles. The first kappa shape index (κ1) is 16.9. The van der Waals surface area contributed by atoms with Crippen LogP contribution in [0.5, 0.6) is 11.5 Å². The van der Waals surface area contributed by atoms with Crippen molar-refractivity contribution >= 4 is 33.1 Å². The number of aromatic nitrogens is 2. The van der Waals surface area contributed by atoms with Gasteiger partial charge in [0, 0.05) is 29.7 Å². The van der Waals surface area contributed by atoms with Crippen LogP contribution in [-0.4, -0.2) is 23.8 Å². The van der Waals surface area contributed by atoms with Crippen molar-refractivity contribution in [1.82, 2.24) is 9.97 Å². The van der Waals surface area contributed by atoms with Gasteiger partial charge in [0.15, 0.2) is 17.3 Å². The molecule has 2 aromatic carbocycles. The lowest BCUT2D eigenvalue weighted by molar-refractivity contribution is 0.174. The molecule has 0 spiro atoms. The van der Waals surface area contributed by atoms with Crippen LogP contribution < -0.4 is 14.4 Å². The van der Waals surface area contributed by atoms with E-state index >= 15 is 0 Å². The van der Waals surface area contributed by atoms with Crippen molar-refractivity contribution in [2.24, 2.45) is 0 Å². The lowest BCUT2D eigenvalue weighted by Gasteiger charge is -2.19. The van der Waals surface area contributed by atoms with Crippen LogP contribution in [0.15, 0.2) is 48.8 Å². The predicted octanol–water partition coefficient (Wildman–Crippen LogP) is 5.13. The van der Waals surface area contributed by atoms with Gasteiger partial charge < -0.3 is 14.4 Å². The molecule has 3 heterocycles. The Labute approximate surface area is 162 Å². The number of hydrogen-bond donors (Lipinski definition) is 0. The van der Waals surface area contributed by atoms with Gasteiger partial charge in [-0.2, -0.15) is 0 Å². The normalized spacial score (nSPS) is 12.5. The summed E-state index contributed by atoms with van der Waals surface area (Å²) in [5.41, 5.74) is 2.05. The summed E-state index contributed by atoms with van der Waals surface area (Å²) < 4.78 is 38.9. The summed E-state index contributed by atoms with van der Waals surface area (Å²) in [7, 11) is 1.89. The third-order valence-electron chi connectivity index (χ3n) is 4.50. The highest BCUT2D eigenvalue weighted by molar-refractivity contribution is 7.22. The maximum Gasteiger partial charge on any atom is 0.231 e. The van der Waals surface area contributed by atoms with Gasteiger partial charge in [-0.25, -0.2) is 18.7 Å². The first-order valence-corrected chi connectivity index (χ1v) is 9.24. The minimum Gasteiger partial charge on any atom is -0.454 e. The molecule has 1 aliphatic heterocycles. The maximum atomic E-state index is 13.6. The van der Waals surface area contributed by atoms with E-state index in [4.69, 9.17) is 9.47 Å². The molecule has 0 radical (unpaired) electrons. The van der Waals surface area contributed by atoms with E-state index in [0.29, 0.717) is 33.3 Å². The third kappa shape index (κ3) is 2.82. The van der Waals surface area contributed by atoms with Crippen LogP contribution in [0.1, 0.15) is 0 Å². The largest absolute Gasteiger partial charge is 0.454 e. The van der Waals surface area contributed by atoms with Crippen LogP contribution in [-0.2, 0) is 0 Å². The summed E-state index contributed by atoms with van der Waals surface area (Å²) in [5, 5.41) is 0. The summed E-state index contributed by atoms with van der Waals surface area (Å²) >= 11 is 1.39. The summed E-state index contributed by atoms with van der Waals surface area (Å²) in [4.78, 5) is 11.4. The Morgan fingerprint density at radius 1 is 0.964 bits per heavy atom. The number of hydrogen-bond acceptors (Lipinski definition) is 6. The lowest BCUT2D eigenvalue weighted by Crippen LogP contribution is -2.11. The number of nitrogens with zero attached hydrogens (tertiary/aromatic N) is 3. The monoisotopic (exact) mass is 397 g/mol. The summed E-state index contributed by atoms with van der Waals surface area (Å²) in [6.45, 7) is 0.207. The molecule has 4 aromatic rings. The number of halogens is 2. The molecule has 2 aromatic heterocycles. The highest BCUT2D eigenvalue weighted by Gasteiger charge is 2.19. The number of benzene rings is 2. The van der Waals surface area contributed by atoms with E-state index < -0.39 is 11.6 Å². The van der Waals surface area contributed by atoms with Crippen LogP contribution in [0.4, 0.5) is 20.3 Å². The zero-order valence-electron chi connectivity index (χ0n) is 14.6. The molecule has 0 fully saturated rings. The SMILES string of the molecule is CN(c1ccc2c(c1)OCO2)c1ncnc2cc(-c3cc(F)cc(F)c3)sc12.